The third kappa shape index (κ3) is 6.63. The number of quaternary nitrogens is 1. The Morgan fingerprint density at radius 1 is 1.18 bits per heavy atom. The number of halogens is 7. The van der Waals surface area contributed by atoms with E-state index in [2.05, 4.69) is 29.1 Å². The summed E-state index contributed by atoms with van der Waals surface area (Å²) < 4.78 is 40.5. The largest absolute Gasteiger partial charge is 1.00 e. The van der Waals surface area contributed by atoms with Crippen molar-refractivity contribution in [3.05, 3.63) is 68.5 Å². The Hall–Kier alpha value is -1.06. The molecule has 0 amide bonds. The molecule has 3 unspecified atom stereocenters. The van der Waals surface area contributed by atoms with Crippen molar-refractivity contribution in [3.63, 3.8) is 0 Å². The Balaban J connectivity index is 0.00000200. The second kappa shape index (κ2) is 12.2. The van der Waals surface area contributed by atoms with Crippen LogP contribution in [0, 0.1) is 0 Å². The molecular weight excluding hydrogens is 581 g/mol. The van der Waals surface area contributed by atoms with Crippen LogP contribution in [-0.2, 0) is 19.0 Å². The summed E-state index contributed by atoms with van der Waals surface area (Å²) in [5, 5.41) is 10.6. The number of benzene rings is 1. The number of likely N-dealkylation sites (N-methyl/N-ethyl adjacent to an activating group) is 1. The maximum atomic E-state index is 13.2. The molecule has 4 nitrogen and oxygen atoms in total. The fraction of sp³-hybridized carbons (Fsp3) is 0.519. The molecule has 5 rings (SSSR count). The number of likely N-dealkylation sites (tertiary alicyclic amines) is 1. The van der Waals surface area contributed by atoms with Crippen molar-refractivity contribution < 1.29 is 35.2 Å². The summed E-state index contributed by atoms with van der Waals surface area (Å²) >= 11 is 12.1. The van der Waals surface area contributed by atoms with Crippen LogP contribution in [0.2, 0.25) is 10.0 Å². The monoisotopic (exact) mass is 611 g/mol. The number of pyridine rings is 1. The zero-order valence-electron chi connectivity index (χ0n) is 21.1. The van der Waals surface area contributed by atoms with Crippen LogP contribution in [0.15, 0.2) is 35.9 Å². The summed E-state index contributed by atoms with van der Waals surface area (Å²) in [7, 11) is 2.22. The van der Waals surface area contributed by atoms with E-state index in [1.54, 1.807) is 6.07 Å². The number of aliphatic hydroxyl groups excluding tert-OH is 1. The van der Waals surface area contributed by atoms with Gasteiger partial charge in [-0.25, -0.2) is 4.98 Å². The van der Waals surface area contributed by atoms with Crippen LogP contribution in [-0.4, -0.2) is 71.4 Å². The van der Waals surface area contributed by atoms with E-state index in [9.17, 15) is 18.3 Å². The van der Waals surface area contributed by atoms with Crippen molar-refractivity contribution in [3.8, 4) is 0 Å². The lowest BCUT2D eigenvalue weighted by atomic mass is 9.91. The Labute approximate surface area is 244 Å². The van der Waals surface area contributed by atoms with Gasteiger partial charge < -0.3 is 22.0 Å². The summed E-state index contributed by atoms with van der Waals surface area (Å²) in [6, 6.07) is 9.24. The highest BCUT2D eigenvalue weighted by Gasteiger charge is 2.42. The molecule has 0 bridgehead atoms. The van der Waals surface area contributed by atoms with Crippen molar-refractivity contribution >= 4 is 41.2 Å². The van der Waals surface area contributed by atoms with Crippen LogP contribution in [0.5, 0.6) is 0 Å². The van der Waals surface area contributed by atoms with Crippen molar-refractivity contribution in [1.29, 1.82) is 0 Å². The minimum atomic E-state index is -4.56. The third-order valence-electron chi connectivity index (χ3n) is 7.98. The molecule has 1 aromatic carbocycles. The van der Waals surface area contributed by atoms with Gasteiger partial charge in [-0.1, -0.05) is 29.3 Å². The predicted octanol–water partition coefficient (Wildman–Crippen LogP) is 3.06. The molecule has 2 aliphatic heterocycles. The first-order chi connectivity index (χ1) is 17.0. The number of rotatable bonds is 6. The van der Waals surface area contributed by atoms with E-state index in [0.29, 0.717) is 18.5 Å². The SMILES string of the molecule is C[N+]1(CC2C3=C(CCN2CCCc2ccc(Cl)c(C(F)(F)F)n2)c2cc(Cl)ccc2C3)CCC(O)C1.Cl.[Cl-]. The lowest BCUT2D eigenvalue weighted by Crippen LogP contribution is -3.00. The van der Waals surface area contributed by atoms with E-state index in [1.807, 2.05) is 6.07 Å². The molecular formula is C27H32Cl4F3N3O. The minimum Gasteiger partial charge on any atom is -1.00 e. The maximum absolute atomic E-state index is 13.2. The Bertz CT molecular complexity index is 1190. The summed E-state index contributed by atoms with van der Waals surface area (Å²) in [6.07, 6.45) is -1.02. The first kappa shape index (κ1) is 31.5. The minimum absolute atomic E-state index is 0. The molecule has 1 aliphatic carbocycles. The van der Waals surface area contributed by atoms with Crippen molar-refractivity contribution in [2.24, 2.45) is 0 Å². The molecule has 11 heteroatoms. The summed E-state index contributed by atoms with van der Waals surface area (Å²) in [4.78, 5) is 6.30. The second-order valence-electron chi connectivity index (χ2n) is 10.7. The van der Waals surface area contributed by atoms with Gasteiger partial charge in [0.2, 0.25) is 0 Å². The van der Waals surface area contributed by atoms with Gasteiger partial charge in [-0.3, -0.25) is 4.90 Å². The molecule has 1 N–H and O–H groups in total. The van der Waals surface area contributed by atoms with Crippen LogP contribution >= 0.6 is 35.6 Å². The molecule has 2 aromatic rings. The fourth-order valence-electron chi connectivity index (χ4n) is 6.23. The number of aromatic nitrogens is 1. The molecule has 3 heterocycles. The van der Waals surface area contributed by atoms with E-state index in [1.165, 1.54) is 28.3 Å². The molecule has 0 spiro atoms. The van der Waals surface area contributed by atoms with Gasteiger partial charge in [-0.15, -0.1) is 12.4 Å². The molecule has 0 radical (unpaired) electrons. The number of hydrogen-bond acceptors (Lipinski definition) is 3. The normalized spacial score (nSPS) is 25.0. The number of hydrogen-bond donors (Lipinski definition) is 1. The molecule has 1 aromatic heterocycles. The molecule has 38 heavy (non-hydrogen) atoms. The number of nitrogens with zero attached hydrogens (tertiary/aromatic N) is 3. The average Bonchev–Trinajstić information content (AvgIpc) is 3.34. The summed E-state index contributed by atoms with van der Waals surface area (Å²) in [6.45, 7) is 4.27. The van der Waals surface area contributed by atoms with Gasteiger partial charge in [-0.05, 0) is 78.8 Å². The van der Waals surface area contributed by atoms with E-state index in [0.717, 1.165) is 61.5 Å². The number of alkyl halides is 3. The number of fused-ring (bicyclic) bond motifs is 2. The van der Waals surface area contributed by atoms with Gasteiger partial charge in [-0.2, -0.15) is 13.2 Å². The Kier molecular flexibility index (Phi) is 10.1. The lowest BCUT2D eigenvalue weighted by molar-refractivity contribution is -0.900. The molecule has 3 atom stereocenters. The highest BCUT2D eigenvalue weighted by atomic mass is 35.5. The second-order valence-corrected chi connectivity index (χ2v) is 11.5. The van der Waals surface area contributed by atoms with Gasteiger partial charge in [0.15, 0.2) is 5.69 Å². The highest BCUT2D eigenvalue weighted by molar-refractivity contribution is 6.31. The van der Waals surface area contributed by atoms with E-state index in [4.69, 9.17) is 23.2 Å². The van der Waals surface area contributed by atoms with Crippen molar-refractivity contribution in [2.45, 2.75) is 50.4 Å². The zero-order chi connectivity index (χ0) is 25.7. The van der Waals surface area contributed by atoms with Crippen molar-refractivity contribution in [2.75, 3.05) is 39.8 Å². The van der Waals surface area contributed by atoms with E-state index in [-0.39, 0.29) is 42.0 Å². The standard InChI is InChI=1S/C27H31Cl2F3N3O.2ClH/c1-35(12-9-20(36)15-35)16-25-23-13-17-4-5-18(28)14-22(17)21(23)8-11-34(25)10-2-3-19-6-7-24(29)26(33-19)27(30,31)32;;/h4-7,14,20,25,36H,2-3,8-13,15-16H2,1H3;2*1H/q+1;;/p-1. The average molecular weight is 613 g/mol. The molecule has 1 fully saturated rings. The molecule has 0 saturated carbocycles. The number of aliphatic hydroxyl groups is 1. The Morgan fingerprint density at radius 2 is 1.95 bits per heavy atom. The first-order valence-electron chi connectivity index (χ1n) is 12.5. The van der Waals surface area contributed by atoms with Crippen LogP contribution in [0.1, 0.15) is 41.8 Å². The third-order valence-corrected chi connectivity index (χ3v) is 8.52. The van der Waals surface area contributed by atoms with Gasteiger partial charge in [0.25, 0.3) is 0 Å². The molecule has 3 aliphatic rings. The van der Waals surface area contributed by atoms with Crippen molar-refractivity contribution in [1.82, 2.24) is 9.88 Å². The van der Waals surface area contributed by atoms with Gasteiger partial charge in [0.05, 0.1) is 31.2 Å². The molecule has 1 saturated heterocycles. The number of aryl methyl sites for hydroxylation is 1. The van der Waals surface area contributed by atoms with Crippen LogP contribution < -0.4 is 12.4 Å². The van der Waals surface area contributed by atoms with E-state index < -0.39 is 11.9 Å². The topological polar surface area (TPSA) is 36.4 Å². The Morgan fingerprint density at radius 3 is 2.63 bits per heavy atom. The maximum Gasteiger partial charge on any atom is 0.434 e. The quantitative estimate of drug-likeness (QED) is 0.510. The fourth-order valence-corrected chi connectivity index (χ4v) is 6.61. The highest BCUT2D eigenvalue weighted by Crippen LogP contribution is 2.43. The van der Waals surface area contributed by atoms with Crippen LogP contribution in [0.3, 0.4) is 0 Å². The summed E-state index contributed by atoms with van der Waals surface area (Å²) in [5.41, 5.74) is 4.80. The summed E-state index contributed by atoms with van der Waals surface area (Å²) in [5.74, 6) is 0. The predicted molar refractivity (Wildman–Crippen MR) is 143 cm³/mol. The first-order valence-corrected chi connectivity index (χ1v) is 13.3. The van der Waals surface area contributed by atoms with Gasteiger partial charge in [0, 0.05) is 23.7 Å². The van der Waals surface area contributed by atoms with Crippen LogP contribution in [0.4, 0.5) is 13.2 Å². The van der Waals surface area contributed by atoms with E-state index >= 15 is 0 Å². The van der Waals surface area contributed by atoms with Crippen LogP contribution in [0.25, 0.3) is 5.57 Å². The smallest absolute Gasteiger partial charge is 0.434 e. The van der Waals surface area contributed by atoms with Gasteiger partial charge >= 0.3 is 6.18 Å². The zero-order valence-corrected chi connectivity index (χ0v) is 24.2. The lowest BCUT2D eigenvalue weighted by Gasteiger charge is -2.42. The van der Waals surface area contributed by atoms with Gasteiger partial charge in [0.1, 0.15) is 12.6 Å². The molecule has 210 valence electrons.